The number of amides is 1. The van der Waals surface area contributed by atoms with Gasteiger partial charge in [-0.2, -0.15) is 0 Å². The predicted molar refractivity (Wildman–Crippen MR) is 81.9 cm³/mol. The number of anilines is 1. The molecule has 23 heavy (non-hydrogen) atoms. The molecule has 122 valence electrons. The molecule has 1 saturated heterocycles. The van der Waals surface area contributed by atoms with E-state index in [1.807, 2.05) is 4.90 Å². The van der Waals surface area contributed by atoms with Gasteiger partial charge in [-0.15, -0.1) is 0 Å². The first-order chi connectivity index (χ1) is 11.1. The Bertz CT molecular complexity index is 648. The Balaban J connectivity index is 1.67. The van der Waals surface area contributed by atoms with E-state index in [1.165, 1.54) is 17.2 Å². The van der Waals surface area contributed by atoms with E-state index in [0.717, 1.165) is 18.8 Å². The van der Waals surface area contributed by atoms with Crippen molar-refractivity contribution >= 4 is 11.7 Å². The quantitative estimate of drug-likeness (QED) is 0.880. The molecule has 1 fully saturated rings. The molecule has 8 nitrogen and oxygen atoms in total. The van der Waals surface area contributed by atoms with Crippen molar-refractivity contribution in [1.82, 2.24) is 20.0 Å². The second-order valence-corrected chi connectivity index (χ2v) is 5.86. The fraction of sp³-hybridized carbons (Fsp3) is 0.467. The zero-order valence-electron chi connectivity index (χ0n) is 12.9. The van der Waals surface area contributed by atoms with Crippen LogP contribution in [0.3, 0.4) is 0 Å². The van der Waals surface area contributed by atoms with Crippen LogP contribution in [0.1, 0.15) is 23.3 Å². The van der Waals surface area contributed by atoms with Gasteiger partial charge in [0, 0.05) is 38.6 Å². The minimum absolute atomic E-state index is 0.218. The minimum atomic E-state index is -0.996. The summed E-state index contributed by atoms with van der Waals surface area (Å²) in [6.07, 6.45) is 7.72. The molecule has 0 saturated carbocycles. The molecule has 0 spiro atoms. The molecule has 1 aliphatic heterocycles. The van der Waals surface area contributed by atoms with Crippen LogP contribution in [0.5, 0.6) is 0 Å². The molecule has 2 aromatic heterocycles. The van der Waals surface area contributed by atoms with Gasteiger partial charge in [0.1, 0.15) is 12.1 Å². The molecular weight excluding hydrogens is 298 g/mol. The van der Waals surface area contributed by atoms with Crippen LogP contribution < -0.4 is 4.90 Å². The standard InChI is InChI=1S/C15H19N5O3/c1-19(14(21)12-3-8-23-18-12)10-15(22)4-2-7-20(11-15)13-9-16-5-6-17-13/h3,5-6,8-9,22H,2,4,7,10-11H2,1H3. The van der Waals surface area contributed by atoms with Gasteiger partial charge in [-0.05, 0) is 12.8 Å². The van der Waals surface area contributed by atoms with E-state index in [4.69, 9.17) is 4.52 Å². The summed E-state index contributed by atoms with van der Waals surface area (Å²) in [6.45, 7) is 1.43. The van der Waals surface area contributed by atoms with Crippen LogP contribution in [-0.2, 0) is 0 Å². The second-order valence-electron chi connectivity index (χ2n) is 5.86. The van der Waals surface area contributed by atoms with E-state index >= 15 is 0 Å². The van der Waals surface area contributed by atoms with E-state index in [0.29, 0.717) is 13.0 Å². The highest BCUT2D eigenvalue weighted by atomic mass is 16.5. The van der Waals surface area contributed by atoms with Gasteiger partial charge in [0.05, 0.1) is 18.3 Å². The number of likely N-dealkylation sites (N-methyl/N-ethyl adjacent to an activating group) is 1. The summed E-state index contributed by atoms with van der Waals surface area (Å²) in [7, 11) is 1.65. The highest BCUT2D eigenvalue weighted by Crippen LogP contribution is 2.25. The minimum Gasteiger partial charge on any atom is -0.386 e. The van der Waals surface area contributed by atoms with E-state index in [-0.39, 0.29) is 18.1 Å². The van der Waals surface area contributed by atoms with Gasteiger partial charge < -0.3 is 19.4 Å². The molecule has 0 radical (unpaired) electrons. The Kier molecular flexibility index (Phi) is 4.24. The van der Waals surface area contributed by atoms with Crippen molar-refractivity contribution in [1.29, 1.82) is 0 Å². The molecule has 1 amide bonds. The molecule has 0 bridgehead atoms. The SMILES string of the molecule is CN(CC1(O)CCCN(c2cnccn2)C1)C(=O)c1ccon1. The summed E-state index contributed by atoms with van der Waals surface area (Å²) in [5.41, 5.74) is -0.762. The Morgan fingerprint density at radius 3 is 3.09 bits per heavy atom. The molecule has 1 N–H and O–H groups in total. The summed E-state index contributed by atoms with van der Waals surface area (Å²) in [4.78, 5) is 24.0. The summed E-state index contributed by atoms with van der Waals surface area (Å²) in [5.74, 6) is 0.458. The highest BCUT2D eigenvalue weighted by Gasteiger charge is 2.36. The van der Waals surface area contributed by atoms with Gasteiger partial charge in [0.25, 0.3) is 5.91 Å². The molecule has 0 aliphatic carbocycles. The van der Waals surface area contributed by atoms with Crippen molar-refractivity contribution < 1.29 is 14.4 Å². The maximum atomic E-state index is 12.2. The fourth-order valence-electron chi connectivity index (χ4n) is 2.92. The molecule has 1 unspecified atom stereocenters. The predicted octanol–water partition coefficient (Wildman–Crippen LogP) is 0.568. The Labute approximate surface area is 133 Å². The lowest BCUT2D eigenvalue weighted by Crippen LogP contribution is -2.55. The average molecular weight is 317 g/mol. The number of carbonyl (C=O) groups excluding carboxylic acids is 1. The van der Waals surface area contributed by atoms with Crippen molar-refractivity contribution in [2.24, 2.45) is 0 Å². The lowest BCUT2D eigenvalue weighted by molar-refractivity contribution is -0.000388. The summed E-state index contributed by atoms with van der Waals surface area (Å²) >= 11 is 0. The third-order valence-electron chi connectivity index (χ3n) is 3.96. The number of rotatable bonds is 4. The monoisotopic (exact) mass is 317 g/mol. The number of hydrogen-bond acceptors (Lipinski definition) is 7. The molecule has 1 aliphatic rings. The first-order valence-corrected chi connectivity index (χ1v) is 7.47. The third-order valence-corrected chi connectivity index (χ3v) is 3.96. The van der Waals surface area contributed by atoms with E-state index in [1.54, 1.807) is 25.6 Å². The maximum Gasteiger partial charge on any atom is 0.275 e. The molecular formula is C15H19N5O3. The molecule has 2 aromatic rings. The summed E-state index contributed by atoms with van der Waals surface area (Å²) < 4.78 is 4.69. The zero-order chi connectivity index (χ0) is 16.3. The van der Waals surface area contributed by atoms with E-state index in [9.17, 15) is 9.90 Å². The number of aliphatic hydroxyl groups is 1. The summed E-state index contributed by atoms with van der Waals surface area (Å²) in [5, 5.41) is 14.5. The molecule has 0 aromatic carbocycles. The first kappa shape index (κ1) is 15.4. The van der Waals surface area contributed by atoms with E-state index < -0.39 is 5.60 Å². The van der Waals surface area contributed by atoms with Gasteiger partial charge in [-0.25, -0.2) is 4.98 Å². The number of β-amino-alcohol motifs (C(OH)–C–C–N with tert-alkyl or cyclic N) is 1. The first-order valence-electron chi connectivity index (χ1n) is 7.47. The van der Waals surface area contributed by atoms with Gasteiger partial charge in [-0.1, -0.05) is 5.16 Å². The number of aromatic nitrogens is 3. The van der Waals surface area contributed by atoms with Crippen LogP contribution >= 0.6 is 0 Å². The van der Waals surface area contributed by atoms with Gasteiger partial charge in [-0.3, -0.25) is 9.78 Å². The van der Waals surface area contributed by atoms with Crippen molar-refractivity contribution in [2.75, 3.05) is 31.6 Å². The second kappa shape index (κ2) is 6.33. The van der Waals surface area contributed by atoms with Crippen molar-refractivity contribution in [2.45, 2.75) is 18.4 Å². The normalized spacial score (nSPS) is 21.2. The van der Waals surface area contributed by atoms with E-state index in [2.05, 4.69) is 15.1 Å². The van der Waals surface area contributed by atoms with Crippen LogP contribution in [0.2, 0.25) is 0 Å². The van der Waals surface area contributed by atoms with Crippen LogP contribution in [0.15, 0.2) is 35.4 Å². The Morgan fingerprint density at radius 1 is 1.52 bits per heavy atom. The lowest BCUT2D eigenvalue weighted by Gasteiger charge is -2.41. The highest BCUT2D eigenvalue weighted by molar-refractivity contribution is 5.91. The summed E-state index contributed by atoms with van der Waals surface area (Å²) in [6, 6.07) is 1.51. The van der Waals surface area contributed by atoms with Gasteiger partial charge in [0.2, 0.25) is 0 Å². The van der Waals surface area contributed by atoms with Gasteiger partial charge in [0.15, 0.2) is 5.69 Å². The number of carbonyl (C=O) groups is 1. The Morgan fingerprint density at radius 2 is 2.39 bits per heavy atom. The third kappa shape index (κ3) is 3.48. The molecule has 8 heteroatoms. The topological polar surface area (TPSA) is 95.6 Å². The maximum absolute atomic E-state index is 12.2. The average Bonchev–Trinajstić information content (AvgIpc) is 3.09. The lowest BCUT2D eigenvalue weighted by atomic mass is 9.92. The smallest absolute Gasteiger partial charge is 0.275 e. The molecule has 3 heterocycles. The van der Waals surface area contributed by atoms with Crippen molar-refractivity contribution in [3.8, 4) is 0 Å². The fourth-order valence-corrected chi connectivity index (χ4v) is 2.92. The Hall–Kier alpha value is -2.48. The van der Waals surface area contributed by atoms with Crippen molar-refractivity contribution in [3.05, 3.63) is 36.6 Å². The number of hydrogen-bond donors (Lipinski definition) is 1. The number of nitrogens with zero attached hydrogens (tertiary/aromatic N) is 5. The van der Waals surface area contributed by atoms with Crippen LogP contribution in [-0.4, -0.2) is 63.3 Å². The van der Waals surface area contributed by atoms with Crippen LogP contribution in [0, 0.1) is 0 Å². The van der Waals surface area contributed by atoms with Crippen LogP contribution in [0.25, 0.3) is 0 Å². The molecule has 1 atom stereocenters. The van der Waals surface area contributed by atoms with Crippen molar-refractivity contribution in [3.63, 3.8) is 0 Å². The van der Waals surface area contributed by atoms with Crippen LogP contribution in [0.4, 0.5) is 5.82 Å². The van der Waals surface area contributed by atoms with Gasteiger partial charge >= 0.3 is 0 Å². The zero-order valence-corrected chi connectivity index (χ0v) is 12.9. The molecule has 3 rings (SSSR count). The number of piperidine rings is 1. The largest absolute Gasteiger partial charge is 0.386 e.